The van der Waals surface area contributed by atoms with E-state index < -0.39 is 0 Å². The summed E-state index contributed by atoms with van der Waals surface area (Å²) in [5.41, 5.74) is 1.90. The number of H-pyrrole nitrogens is 1. The maximum absolute atomic E-state index is 5.14. The predicted octanol–water partition coefficient (Wildman–Crippen LogP) is 3.16. The molecular weight excluding hydrogens is 266 g/mol. The van der Waals surface area contributed by atoms with E-state index in [-0.39, 0.29) is 0 Å². The molecule has 0 spiro atoms. The Balaban J connectivity index is 1.87. The van der Waals surface area contributed by atoms with Gasteiger partial charge >= 0.3 is 0 Å². The second-order valence-corrected chi connectivity index (χ2v) is 4.46. The molecule has 3 aromatic rings. The molecule has 0 bridgehead atoms. The average molecular weight is 281 g/mol. The van der Waals surface area contributed by atoms with Crippen molar-refractivity contribution >= 4 is 0 Å². The number of ether oxygens (including phenoxy) is 2. The summed E-state index contributed by atoms with van der Waals surface area (Å²) >= 11 is 0. The van der Waals surface area contributed by atoms with Crippen molar-refractivity contribution in [2.45, 2.75) is 0 Å². The zero-order chi connectivity index (χ0) is 14.7. The summed E-state index contributed by atoms with van der Waals surface area (Å²) in [6.45, 7) is 0. The standard InChI is InChI=1S/C16H15N3O2/c1-20-13-7-3-11(4-8-13)15-17-16(19-18-15)12-5-9-14(21-2)10-6-12/h3-10H,1-2H3,(H,17,18,19). The number of hydrogen-bond donors (Lipinski definition) is 1. The van der Waals surface area contributed by atoms with Gasteiger partial charge in [-0.25, -0.2) is 4.98 Å². The van der Waals surface area contributed by atoms with Gasteiger partial charge in [0, 0.05) is 11.1 Å². The molecule has 0 fully saturated rings. The number of aromatic nitrogens is 3. The van der Waals surface area contributed by atoms with Crippen LogP contribution in [0.2, 0.25) is 0 Å². The molecule has 0 aliphatic heterocycles. The van der Waals surface area contributed by atoms with Crippen LogP contribution in [0.3, 0.4) is 0 Å². The van der Waals surface area contributed by atoms with Crippen molar-refractivity contribution in [2.75, 3.05) is 14.2 Å². The second-order valence-electron chi connectivity index (χ2n) is 4.46. The molecule has 0 atom stereocenters. The monoisotopic (exact) mass is 281 g/mol. The Bertz CT molecular complexity index is 656. The van der Waals surface area contributed by atoms with Crippen molar-refractivity contribution < 1.29 is 9.47 Å². The van der Waals surface area contributed by atoms with Crippen molar-refractivity contribution in [3.63, 3.8) is 0 Å². The fourth-order valence-electron chi connectivity index (χ4n) is 2.01. The molecule has 0 radical (unpaired) electrons. The quantitative estimate of drug-likeness (QED) is 0.798. The Morgan fingerprint density at radius 2 is 1.29 bits per heavy atom. The first-order chi connectivity index (χ1) is 10.3. The van der Waals surface area contributed by atoms with E-state index in [4.69, 9.17) is 9.47 Å². The molecule has 0 amide bonds. The minimum atomic E-state index is 0.656. The van der Waals surface area contributed by atoms with E-state index in [0.717, 1.165) is 28.5 Å². The third kappa shape index (κ3) is 2.72. The van der Waals surface area contributed by atoms with Gasteiger partial charge in [-0.05, 0) is 48.5 Å². The molecule has 0 unspecified atom stereocenters. The van der Waals surface area contributed by atoms with Gasteiger partial charge in [-0.2, -0.15) is 5.10 Å². The summed E-state index contributed by atoms with van der Waals surface area (Å²) in [4.78, 5) is 4.51. The van der Waals surface area contributed by atoms with Crippen LogP contribution in [-0.2, 0) is 0 Å². The molecule has 5 heteroatoms. The van der Waals surface area contributed by atoms with Gasteiger partial charge in [-0.3, -0.25) is 5.10 Å². The molecule has 2 aromatic carbocycles. The van der Waals surface area contributed by atoms with Gasteiger partial charge in [-0.1, -0.05) is 0 Å². The number of rotatable bonds is 4. The highest BCUT2D eigenvalue weighted by molar-refractivity contribution is 5.62. The first-order valence-electron chi connectivity index (χ1n) is 6.51. The van der Waals surface area contributed by atoms with Crippen molar-refractivity contribution in [2.24, 2.45) is 0 Å². The van der Waals surface area contributed by atoms with Gasteiger partial charge in [0.25, 0.3) is 0 Å². The van der Waals surface area contributed by atoms with E-state index in [1.807, 2.05) is 48.5 Å². The number of methoxy groups -OCH3 is 2. The summed E-state index contributed by atoms with van der Waals surface area (Å²) in [7, 11) is 3.29. The van der Waals surface area contributed by atoms with Crippen LogP contribution in [0.15, 0.2) is 48.5 Å². The summed E-state index contributed by atoms with van der Waals surface area (Å²) in [6.07, 6.45) is 0. The maximum atomic E-state index is 5.14. The van der Waals surface area contributed by atoms with Gasteiger partial charge in [-0.15, -0.1) is 0 Å². The molecule has 1 heterocycles. The smallest absolute Gasteiger partial charge is 0.181 e. The minimum Gasteiger partial charge on any atom is -0.497 e. The van der Waals surface area contributed by atoms with Gasteiger partial charge in [0.05, 0.1) is 14.2 Å². The minimum absolute atomic E-state index is 0.656. The Labute approximate surface area is 122 Å². The van der Waals surface area contributed by atoms with Crippen LogP contribution in [-0.4, -0.2) is 29.4 Å². The lowest BCUT2D eigenvalue weighted by Gasteiger charge is -2.00. The summed E-state index contributed by atoms with van der Waals surface area (Å²) in [5.74, 6) is 3.00. The predicted molar refractivity (Wildman–Crippen MR) is 80.4 cm³/mol. The molecule has 0 saturated carbocycles. The normalized spacial score (nSPS) is 10.4. The molecule has 21 heavy (non-hydrogen) atoms. The summed E-state index contributed by atoms with van der Waals surface area (Å²) in [6, 6.07) is 15.3. The molecule has 0 aliphatic carbocycles. The number of hydrogen-bond acceptors (Lipinski definition) is 4. The number of benzene rings is 2. The first-order valence-corrected chi connectivity index (χ1v) is 6.51. The molecule has 106 valence electrons. The molecule has 1 aromatic heterocycles. The van der Waals surface area contributed by atoms with Crippen LogP contribution in [0, 0.1) is 0 Å². The topological polar surface area (TPSA) is 60.0 Å². The van der Waals surface area contributed by atoms with Crippen molar-refractivity contribution in [3.05, 3.63) is 48.5 Å². The van der Waals surface area contributed by atoms with E-state index in [0.29, 0.717) is 5.82 Å². The Kier molecular flexibility index (Phi) is 3.55. The van der Waals surface area contributed by atoms with E-state index in [9.17, 15) is 0 Å². The largest absolute Gasteiger partial charge is 0.497 e. The zero-order valence-electron chi connectivity index (χ0n) is 11.8. The highest BCUT2D eigenvalue weighted by atomic mass is 16.5. The lowest BCUT2D eigenvalue weighted by atomic mass is 10.2. The van der Waals surface area contributed by atoms with Gasteiger partial charge in [0.15, 0.2) is 11.6 Å². The van der Waals surface area contributed by atoms with Crippen LogP contribution < -0.4 is 9.47 Å². The van der Waals surface area contributed by atoms with Crippen LogP contribution in [0.4, 0.5) is 0 Å². The van der Waals surface area contributed by atoms with Crippen LogP contribution in [0.5, 0.6) is 11.5 Å². The number of aromatic amines is 1. The second kappa shape index (κ2) is 5.66. The van der Waals surface area contributed by atoms with Gasteiger partial charge in [0.2, 0.25) is 0 Å². The number of nitrogens with zero attached hydrogens (tertiary/aromatic N) is 2. The molecular formula is C16H15N3O2. The SMILES string of the molecule is COc1ccc(-c2n[nH]c(-c3ccc(OC)cc3)n2)cc1. The summed E-state index contributed by atoms with van der Waals surface area (Å²) < 4.78 is 10.3. The fourth-order valence-corrected chi connectivity index (χ4v) is 2.01. The highest BCUT2D eigenvalue weighted by Crippen LogP contribution is 2.23. The summed E-state index contributed by atoms with van der Waals surface area (Å²) in [5, 5.41) is 7.21. The third-order valence-electron chi connectivity index (χ3n) is 3.20. The highest BCUT2D eigenvalue weighted by Gasteiger charge is 2.08. The molecule has 5 nitrogen and oxygen atoms in total. The fraction of sp³-hybridized carbons (Fsp3) is 0.125. The van der Waals surface area contributed by atoms with Gasteiger partial charge < -0.3 is 9.47 Å². The van der Waals surface area contributed by atoms with E-state index in [1.54, 1.807) is 14.2 Å². The lowest BCUT2D eigenvalue weighted by Crippen LogP contribution is -1.85. The average Bonchev–Trinajstić information content (AvgIpc) is 3.05. The lowest BCUT2D eigenvalue weighted by molar-refractivity contribution is 0.415. The molecule has 0 saturated heterocycles. The first kappa shape index (κ1) is 13.2. The molecule has 3 rings (SSSR count). The van der Waals surface area contributed by atoms with Crippen molar-refractivity contribution in [1.29, 1.82) is 0 Å². The van der Waals surface area contributed by atoms with E-state index in [2.05, 4.69) is 15.2 Å². The van der Waals surface area contributed by atoms with E-state index in [1.165, 1.54) is 0 Å². The van der Waals surface area contributed by atoms with Crippen LogP contribution in [0.1, 0.15) is 0 Å². The molecule has 0 aliphatic rings. The van der Waals surface area contributed by atoms with Crippen molar-refractivity contribution in [3.8, 4) is 34.3 Å². The van der Waals surface area contributed by atoms with Crippen molar-refractivity contribution in [1.82, 2.24) is 15.2 Å². The zero-order valence-corrected chi connectivity index (χ0v) is 11.8. The van der Waals surface area contributed by atoms with E-state index >= 15 is 0 Å². The Morgan fingerprint density at radius 3 is 1.81 bits per heavy atom. The Morgan fingerprint density at radius 1 is 0.762 bits per heavy atom. The number of nitrogens with one attached hydrogen (secondary N) is 1. The maximum Gasteiger partial charge on any atom is 0.181 e. The van der Waals surface area contributed by atoms with Crippen LogP contribution >= 0.6 is 0 Å². The molecule has 1 N–H and O–H groups in total. The third-order valence-corrected chi connectivity index (χ3v) is 3.20. The van der Waals surface area contributed by atoms with Gasteiger partial charge in [0.1, 0.15) is 11.5 Å². The van der Waals surface area contributed by atoms with Crippen LogP contribution in [0.25, 0.3) is 22.8 Å². The Hall–Kier alpha value is -2.82.